The number of allylic oxidation sites excluding steroid dienone is 1. The number of fused-ring (bicyclic) bond motifs is 1. The Morgan fingerprint density at radius 1 is 1.14 bits per heavy atom. The Morgan fingerprint density at radius 2 is 1.90 bits per heavy atom. The fraction of sp³-hybridized carbons (Fsp3) is 0.190. The molecule has 0 saturated heterocycles. The normalized spacial score (nSPS) is 16.4. The van der Waals surface area contributed by atoms with Crippen molar-refractivity contribution in [1.82, 2.24) is 20.8 Å². The van der Waals surface area contributed by atoms with Crippen molar-refractivity contribution in [2.45, 2.75) is 13.0 Å². The highest BCUT2D eigenvalue weighted by Crippen LogP contribution is 2.29. The van der Waals surface area contributed by atoms with E-state index >= 15 is 0 Å². The maximum absolute atomic E-state index is 13.1. The lowest BCUT2D eigenvalue weighted by Gasteiger charge is -2.29. The van der Waals surface area contributed by atoms with Gasteiger partial charge in [-0.2, -0.15) is 5.10 Å². The topological polar surface area (TPSA) is 102 Å². The summed E-state index contributed by atoms with van der Waals surface area (Å²) in [6, 6.07) is 12.4. The van der Waals surface area contributed by atoms with E-state index in [1.807, 2.05) is 61.5 Å². The van der Waals surface area contributed by atoms with E-state index in [0.717, 1.165) is 22.2 Å². The second-order valence-electron chi connectivity index (χ2n) is 7.18. The second-order valence-corrected chi connectivity index (χ2v) is 7.18. The number of nitrogens with zero attached hydrogens (tertiary/aromatic N) is 2. The molecule has 1 aliphatic heterocycles. The molecule has 0 spiro atoms. The SMILES string of the molecule is CC1=C(C(=O)Nc2ccc3[nH]ncc3c2)C(c2ccc(N(C)C)cc2)NC(=O)N1. The molecule has 4 rings (SSSR count). The number of hydrogen-bond donors (Lipinski definition) is 4. The van der Waals surface area contributed by atoms with Gasteiger partial charge < -0.3 is 20.9 Å². The van der Waals surface area contributed by atoms with E-state index in [4.69, 9.17) is 0 Å². The monoisotopic (exact) mass is 390 g/mol. The number of carbonyl (C=O) groups is 2. The zero-order valence-corrected chi connectivity index (χ0v) is 16.4. The maximum Gasteiger partial charge on any atom is 0.319 e. The molecule has 29 heavy (non-hydrogen) atoms. The zero-order valence-electron chi connectivity index (χ0n) is 16.4. The van der Waals surface area contributed by atoms with Crippen LogP contribution in [0.4, 0.5) is 16.2 Å². The van der Waals surface area contributed by atoms with Crippen LogP contribution in [-0.2, 0) is 4.79 Å². The molecule has 3 amide bonds. The molecule has 8 heteroatoms. The quantitative estimate of drug-likeness (QED) is 0.550. The maximum atomic E-state index is 13.1. The Kier molecular flexibility index (Phi) is 4.67. The number of benzene rings is 2. The molecule has 148 valence electrons. The Bertz CT molecular complexity index is 1110. The van der Waals surface area contributed by atoms with Crippen molar-refractivity contribution < 1.29 is 9.59 Å². The number of nitrogens with one attached hydrogen (secondary N) is 4. The number of aromatic nitrogens is 2. The van der Waals surface area contributed by atoms with Crippen LogP contribution in [-0.4, -0.2) is 36.2 Å². The third-order valence-corrected chi connectivity index (χ3v) is 4.95. The van der Waals surface area contributed by atoms with E-state index < -0.39 is 6.04 Å². The molecule has 2 aromatic carbocycles. The van der Waals surface area contributed by atoms with Gasteiger partial charge >= 0.3 is 6.03 Å². The van der Waals surface area contributed by atoms with Crippen LogP contribution in [0.1, 0.15) is 18.5 Å². The van der Waals surface area contributed by atoms with Crippen molar-refractivity contribution in [3.8, 4) is 0 Å². The molecular formula is C21H22N6O2. The van der Waals surface area contributed by atoms with Gasteiger partial charge in [-0.25, -0.2) is 4.79 Å². The predicted octanol–water partition coefficient (Wildman–Crippen LogP) is 2.90. The first-order valence-electron chi connectivity index (χ1n) is 9.22. The van der Waals surface area contributed by atoms with Gasteiger partial charge in [-0.3, -0.25) is 9.89 Å². The summed E-state index contributed by atoms with van der Waals surface area (Å²) in [6.45, 7) is 1.73. The first kappa shape index (κ1) is 18.5. The van der Waals surface area contributed by atoms with Gasteiger partial charge in [-0.05, 0) is 42.8 Å². The van der Waals surface area contributed by atoms with E-state index in [1.165, 1.54) is 0 Å². The van der Waals surface area contributed by atoms with Crippen LogP contribution in [0.2, 0.25) is 0 Å². The first-order valence-corrected chi connectivity index (χ1v) is 9.22. The summed E-state index contributed by atoms with van der Waals surface area (Å²) in [5.74, 6) is -0.278. The van der Waals surface area contributed by atoms with Crippen LogP contribution in [0.15, 0.2) is 59.9 Å². The van der Waals surface area contributed by atoms with Crippen LogP contribution in [0.25, 0.3) is 10.9 Å². The highest BCUT2D eigenvalue weighted by Gasteiger charge is 2.31. The summed E-state index contributed by atoms with van der Waals surface area (Å²) in [7, 11) is 3.92. The fourth-order valence-corrected chi connectivity index (χ4v) is 3.43. The number of urea groups is 1. The Balaban J connectivity index is 1.64. The summed E-state index contributed by atoms with van der Waals surface area (Å²) in [5.41, 5.74) is 4.41. The fourth-order valence-electron chi connectivity index (χ4n) is 3.43. The number of carbonyl (C=O) groups excluding carboxylic acids is 2. The lowest BCUT2D eigenvalue weighted by Crippen LogP contribution is -2.45. The summed E-state index contributed by atoms with van der Waals surface area (Å²) in [5, 5.41) is 16.3. The van der Waals surface area contributed by atoms with Crippen molar-refractivity contribution >= 4 is 34.2 Å². The van der Waals surface area contributed by atoms with Crippen molar-refractivity contribution in [2.75, 3.05) is 24.3 Å². The number of hydrogen-bond acceptors (Lipinski definition) is 4. The van der Waals surface area contributed by atoms with Gasteiger partial charge in [0, 0.05) is 36.6 Å². The van der Waals surface area contributed by atoms with Gasteiger partial charge in [0.25, 0.3) is 5.91 Å². The van der Waals surface area contributed by atoms with E-state index in [-0.39, 0.29) is 11.9 Å². The summed E-state index contributed by atoms with van der Waals surface area (Å²) >= 11 is 0. The second kappa shape index (κ2) is 7.31. The van der Waals surface area contributed by atoms with Crippen LogP contribution < -0.4 is 20.9 Å². The molecule has 3 aromatic rings. The number of aromatic amines is 1. The van der Waals surface area contributed by atoms with Crippen molar-refractivity contribution in [3.05, 3.63) is 65.5 Å². The van der Waals surface area contributed by atoms with Gasteiger partial charge in [0.1, 0.15) is 0 Å². The van der Waals surface area contributed by atoms with Crippen LogP contribution >= 0.6 is 0 Å². The van der Waals surface area contributed by atoms with E-state index in [2.05, 4.69) is 26.1 Å². The van der Waals surface area contributed by atoms with Gasteiger partial charge in [0.2, 0.25) is 0 Å². The predicted molar refractivity (Wildman–Crippen MR) is 113 cm³/mol. The van der Waals surface area contributed by atoms with Gasteiger partial charge in [-0.1, -0.05) is 12.1 Å². The minimum atomic E-state index is -0.544. The third kappa shape index (κ3) is 3.64. The molecule has 1 aromatic heterocycles. The van der Waals surface area contributed by atoms with Crippen LogP contribution in [0.3, 0.4) is 0 Å². The highest BCUT2D eigenvalue weighted by molar-refractivity contribution is 6.07. The third-order valence-electron chi connectivity index (χ3n) is 4.95. The molecular weight excluding hydrogens is 368 g/mol. The Morgan fingerprint density at radius 3 is 2.62 bits per heavy atom. The summed E-state index contributed by atoms with van der Waals surface area (Å²) in [4.78, 5) is 27.2. The standard InChI is InChI=1S/C21H22N6O2/c1-12-18(20(28)24-15-6-9-17-14(10-15)11-22-26-17)19(25-21(29)23-12)13-4-7-16(8-5-13)27(2)3/h4-11,19H,1-3H3,(H,22,26)(H,24,28)(H2,23,25,29). The van der Waals surface area contributed by atoms with E-state index in [9.17, 15) is 9.59 Å². The van der Waals surface area contributed by atoms with Crippen molar-refractivity contribution in [1.29, 1.82) is 0 Å². The molecule has 2 heterocycles. The van der Waals surface area contributed by atoms with E-state index in [0.29, 0.717) is 17.0 Å². The molecule has 8 nitrogen and oxygen atoms in total. The van der Waals surface area contributed by atoms with Gasteiger partial charge in [0.05, 0.1) is 23.3 Å². The average Bonchev–Trinajstić information content (AvgIpc) is 3.15. The minimum absolute atomic E-state index is 0.278. The van der Waals surface area contributed by atoms with E-state index in [1.54, 1.807) is 13.1 Å². The average molecular weight is 390 g/mol. The van der Waals surface area contributed by atoms with Crippen molar-refractivity contribution in [2.24, 2.45) is 0 Å². The highest BCUT2D eigenvalue weighted by atomic mass is 16.2. The molecule has 0 radical (unpaired) electrons. The molecule has 4 N–H and O–H groups in total. The van der Waals surface area contributed by atoms with Gasteiger partial charge in [-0.15, -0.1) is 0 Å². The largest absolute Gasteiger partial charge is 0.378 e. The number of amides is 3. The Hall–Kier alpha value is -3.81. The lowest BCUT2D eigenvalue weighted by molar-refractivity contribution is -0.113. The Labute approximate surface area is 168 Å². The molecule has 1 unspecified atom stereocenters. The lowest BCUT2D eigenvalue weighted by atomic mass is 9.94. The molecule has 0 bridgehead atoms. The minimum Gasteiger partial charge on any atom is -0.378 e. The summed E-state index contributed by atoms with van der Waals surface area (Å²) < 4.78 is 0. The first-order chi connectivity index (χ1) is 13.9. The summed E-state index contributed by atoms with van der Waals surface area (Å²) in [6.07, 6.45) is 1.70. The molecule has 0 aliphatic carbocycles. The van der Waals surface area contributed by atoms with Gasteiger partial charge in [0.15, 0.2) is 0 Å². The molecule has 0 fully saturated rings. The van der Waals surface area contributed by atoms with Crippen LogP contribution in [0, 0.1) is 0 Å². The van der Waals surface area contributed by atoms with Crippen molar-refractivity contribution in [3.63, 3.8) is 0 Å². The number of anilines is 2. The zero-order chi connectivity index (χ0) is 20.5. The number of rotatable bonds is 4. The molecule has 1 atom stereocenters. The number of H-pyrrole nitrogens is 1. The van der Waals surface area contributed by atoms with Crippen LogP contribution in [0.5, 0.6) is 0 Å². The molecule has 0 saturated carbocycles. The molecule has 1 aliphatic rings. The smallest absolute Gasteiger partial charge is 0.319 e.